The summed E-state index contributed by atoms with van der Waals surface area (Å²) in [6.07, 6.45) is 0.253. The molecule has 1 aliphatic heterocycles. The number of rotatable bonds is 5. The van der Waals surface area contributed by atoms with Crippen molar-refractivity contribution in [3.05, 3.63) is 28.5 Å². The number of benzene rings is 1. The molecule has 144 valence electrons. The van der Waals surface area contributed by atoms with Crippen molar-refractivity contribution < 1.29 is 14.0 Å². The lowest BCUT2D eigenvalue weighted by Gasteiger charge is -2.36. The van der Waals surface area contributed by atoms with Crippen LogP contribution in [0.4, 0.5) is 10.1 Å². The van der Waals surface area contributed by atoms with Crippen LogP contribution in [0.2, 0.25) is 5.02 Å². The quantitative estimate of drug-likeness (QED) is 0.759. The molecule has 0 radical (unpaired) electrons. The molecule has 2 atom stereocenters. The summed E-state index contributed by atoms with van der Waals surface area (Å²) in [7, 11) is 2.00. The average Bonchev–Trinajstić information content (AvgIpc) is 2.62. The summed E-state index contributed by atoms with van der Waals surface area (Å²) in [5.74, 6) is -1.51. The minimum Gasteiger partial charge on any atom is -0.396 e. The maximum absolute atomic E-state index is 13.9. The second kappa shape index (κ2) is 8.68. The second-order valence-corrected chi connectivity index (χ2v) is 7.12. The molecule has 3 N–H and O–H groups in total. The van der Waals surface area contributed by atoms with Crippen LogP contribution in [0.3, 0.4) is 0 Å². The van der Waals surface area contributed by atoms with Crippen LogP contribution in [0.15, 0.2) is 12.1 Å². The molecule has 8 heteroatoms. The van der Waals surface area contributed by atoms with Gasteiger partial charge in [-0.05, 0) is 24.7 Å². The van der Waals surface area contributed by atoms with Gasteiger partial charge in [0.2, 0.25) is 11.8 Å². The van der Waals surface area contributed by atoms with Gasteiger partial charge in [0.1, 0.15) is 11.9 Å². The predicted molar refractivity (Wildman–Crippen MR) is 101 cm³/mol. The predicted octanol–water partition coefficient (Wildman–Crippen LogP) is 1.83. The van der Waals surface area contributed by atoms with Crippen molar-refractivity contribution in [2.75, 3.05) is 39.0 Å². The third-order valence-electron chi connectivity index (χ3n) is 4.83. The van der Waals surface area contributed by atoms with E-state index in [1.165, 1.54) is 12.1 Å². The lowest BCUT2D eigenvalue weighted by atomic mass is 9.91. The van der Waals surface area contributed by atoms with Crippen LogP contribution in [0.25, 0.3) is 0 Å². The van der Waals surface area contributed by atoms with E-state index < -0.39 is 17.8 Å². The van der Waals surface area contributed by atoms with Crippen molar-refractivity contribution in [2.24, 2.45) is 0 Å². The molecule has 0 unspecified atom stereocenters. The number of hydrogen-bond acceptors (Lipinski definition) is 4. The Morgan fingerprint density at radius 1 is 1.31 bits per heavy atom. The molecule has 1 heterocycles. The summed E-state index contributed by atoms with van der Waals surface area (Å²) in [6.45, 7) is 6.19. The molecule has 0 saturated carbocycles. The number of nitrogens with zero attached hydrogens (tertiary/aromatic N) is 2. The minimum atomic E-state index is -0.814. The van der Waals surface area contributed by atoms with Gasteiger partial charge in [0.05, 0.1) is 5.69 Å². The molecule has 2 amide bonds. The fourth-order valence-electron chi connectivity index (χ4n) is 3.01. The maximum Gasteiger partial charge on any atom is 0.245 e. The third-order valence-corrected chi connectivity index (χ3v) is 5.15. The molecule has 0 aromatic heterocycles. The number of piperazine rings is 1. The standard InChI is InChI=1S/C18H26ClFN4O2/c1-4-16(25)22-17(18(26)24-7-5-23(3)6-8-24)11(2)12-9-14(20)15(21)10-13(12)19/h9-11,17H,4-8,21H2,1-3H3,(H,22,25)/t11-,17+/m0/s1. The highest BCUT2D eigenvalue weighted by Gasteiger charge is 2.33. The number of hydrogen-bond donors (Lipinski definition) is 2. The Hall–Kier alpha value is -1.86. The van der Waals surface area contributed by atoms with Crippen LogP contribution in [-0.4, -0.2) is 60.9 Å². The number of amides is 2. The summed E-state index contributed by atoms with van der Waals surface area (Å²) in [4.78, 5) is 28.9. The molecule has 1 fully saturated rings. The van der Waals surface area contributed by atoms with Gasteiger partial charge in [0.25, 0.3) is 0 Å². The van der Waals surface area contributed by atoms with Gasteiger partial charge in [-0.25, -0.2) is 4.39 Å². The van der Waals surface area contributed by atoms with Crippen LogP contribution < -0.4 is 11.1 Å². The van der Waals surface area contributed by atoms with Crippen LogP contribution in [0.1, 0.15) is 31.7 Å². The zero-order valence-corrected chi connectivity index (χ0v) is 16.1. The first-order chi connectivity index (χ1) is 12.2. The Kier molecular flexibility index (Phi) is 6.83. The summed E-state index contributed by atoms with van der Waals surface area (Å²) < 4.78 is 13.9. The van der Waals surface area contributed by atoms with E-state index >= 15 is 0 Å². The number of nitrogens with one attached hydrogen (secondary N) is 1. The lowest BCUT2D eigenvalue weighted by molar-refractivity contribution is -0.138. The number of carbonyl (C=O) groups excluding carboxylic acids is 2. The maximum atomic E-state index is 13.9. The van der Waals surface area contributed by atoms with Crippen molar-refractivity contribution in [1.82, 2.24) is 15.1 Å². The summed E-state index contributed by atoms with van der Waals surface area (Å²) in [5, 5.41) is 3.05. The Balaban J connectivity index is 2.30. The first kappa shape index (κ1) is 20.5. The molecule has 0 bridgehead atoms. The molecular formula is C18H26ClFN4O2. The molecule has 6 nitrogen and oxygen atoms in total. The summed E-state index contributed by atoms with van der Waals surface area (Å²) in [6, 6.07) is 1.76. The van der Waals surface area contributed by atoms with Gasteiger partial charge < -0.3 is 20.9 Å². The highest BCUT2D eigenvalue weighted by Crippen LogP contribution is 2.31. The van der Waals surface area contributed by atoms with E-state index in [0.29, 0.717) is 18.7 Å². The van der Waals surface area contributed by atoms with E-state index in [9.17, 15) is 14.0 Å². The summed E-state index contributed by atoms with van der Waals surface area (Å²) in [5.41, 5.74) is 5.94. The van der Waals surface area contributed by atoms with Gasteiger partial charge in [0, 0.05) is 43.5 Å². The van der Waals surface area contributed by atoms with Crippen molar-refractivity contribution in [3.8, 4) is 0 Å². The molecular weight excluding hydrogens is 359 g/mol. The molecule has 1 aliphatic rings. The van der Waals surface area contributed by atoms with Gasteiger partial charge in [-0.1, -0.05) is 25.4 Å². The van der Waals surface area contributed by atoms with Crippen LogP contribution in [-0.2, 0) is 9.59 Å². The number of carbonyl (C=O) groups is 2. The third kappa shape index (κ3) is 4.65. The van der Waals surface area contributed by atoms with E-state index in [-0.39, 0.29) is 28.9 Å². The fraction of sp³-hybridized carbons (Fsp3) is 0.556. The van der Waals surface area contributed by atoms with Gasteiger partial charge in [-0.3, -0.25) is 9.59 Å². The zero-order chi connectivity index (χ0) is 19.4. The molecule has 26 heavy (non-hydrogen) atoms. The van der Waals surface area contributed by atoms with E-state index in [1.54, 1.807) is 18.7 Å². The van der Waals surface area contributed by atoms with Gasteiger partial charge in [0.15, 0.2) is 0 Å². The SMILES string of the molecule is CCC(=O)N[C@@H](C(=O)N1CCN(C)CC1)[C@@H](C)c1cc(F)c(N)cc1Cl. The van der Waals surface area contributed by atoms with Crippen molar-refractivity contribution in [3.63, 3.8) is 0 Å². The number of likely N-dealkylation sites (N-methyl/N-ethyl adjacent to an activating group) is 1. The minimum absolute atomic E-state index is 0.0505. The highest BCUT2D eigenvalue weighted by molar-refractivity contribution is 6.31. The Morgan fingerprint density at radius 2 is 1.92 bits per heavy atom. The number of anilines is 1. The van der Waals surface area contributed by atoms with Crippen molar-refractivity contribution >= 4 is 29.1 Å². The summed E-state index contributed by atoms with van der Waals surface area (Å²) >= 11 is 6.23. The smallest absolute Gasteiger partial charge is 0.245 e. The molecule has 1 aromatic rings. The Bertz CT molecular complexity index is 677. The molecule has 1 aromatic carbocycles. The average molecular weight is 385 g/mol. The topological polar surface area (TPSA) is 78.7 Å². The molecule has 2 rings (SSSR count). The number of halogens is 2. The van der Waals surface area contributed by atoms with Crippen LogP contribution in [0.5, 0.6) is 0 Å². The van der Waals surface area contributed by atoms with E-state index in [4.69, 9.17) is 17.3 Å². The Morgan fingerprint density at radius 3 is 2.50 bits per heavy atom. The van der Waals surface area contributed by atoms with E-state index in [2.05, 4.69) is 10.2 Å². The van der Waals surface area contributed by atoms with Gasteiger partial charge >= 0.3 is 0 Å². The number of nitrogen functional groups attached to an aromatic ring is 1. The van der Waals surface area contributed by atoms with Gasteiger partial charge in [-0.15, -0.1) is 0 Å². The monoisotopic (exact) mass is 384 g/mol. The largest absolute Gasteiger partial charge is 0.396 e. The first-order valence-corrected chi connectivity index (χ1v) is 9.13. The fourth-order valence-corrected chi connectivity index (χ4v) is 3.35. The normalized spacial score (nSPS) is 17.7. The first-order valence-electron chi connectivity index (χ1n) is 8.75. The molecule has 0 spiro atoms. The van der Waals surface area contributed by atoms with Crippen molar-refractivity contribution in [1.29, 1.82) is 0 Å². The highest BCUT2D eigenvalue weighted by atomic mass is 35.5. The lowest BCUT2D eigenvalue weighted by Crippen LogP contribution is -2.55. The van der Waals surface area contributed by atoms with E-state index in [0.717, 1.165) is 13.1 Å². The Labute approximate surface area is 158 Å². The zero-order valence-electron chi connectivity index (χ0n) is 15.4. The molecule has 1 saturated heterocycles. The molecule has 0 aliphatic carbocycles. The van der Waals surface area contributed by atoms with E-state index in [1.807, 2.05) is 7.05 Å². The van der Waals surface area contributed by atoms with Crippen LogP contribution >= 0.6 is 11.6 Å². The van der Waals surface area contributed by atoms with Crippen molar-refractivity contribution in [2.45, 2.75) is 32.2 Å². The number of nitrogens with two attached hydrogens (primary N) is 1. The second-order valence-electron chi connectivity index (χ2n) is 6.71. The van der Waals surface area contributed by atoms with Gasteiger partial charge in [-0.2, -0.15) is 0 Å². The van der Waals surface area contributed by atoms with Crippen LogP contribution in [0, 0.1) is 5.82 Å².